The normalized spacial score (nSPS) is 13.9. The monoisotopic (exact) mass is 284 g/mol. The molecular formula is C14H24N2O2S. The van der Waals surface area contributed by atoms with Crippen molar-refractivity contribution in [3.63, 3.8) is 0 Å². The second kappa shape index (κ2) is 7.50. The lowest BCUT2D eigenvalue weighted by Gasteiger charge is -2.23. The van der Waals surface area contributed by atoms with Crippen LogP contribution < -0.4 is 15.8 Å². The maximum absolute atomic E-state index is 10.1. The zero-order valence-corrected chi connectivity index (χ0v) is 12.7. The fraction of sp³-hybridized carbons (Fsp3) is 0.571. The lowest BCUT2D eigenvalue weighted by Crippen LogP contribution is -2.36. The largest absolute Gasteiger partial charge is 0.491 e. The molecule has 4 nitrogen and oxygen atoms in total. The van der Waals surface area contributed by atoms with E-state index in [2.05, 4.69) is 12.2 Å². The Kier molecular flexibility index (Phi) is 6.31. The molecular weight excluding hydrogens is 260 g/mol. The maximum Gasteiger partial charge on any atom is 0.144 e. The van der Waals surface area contributed by atoms with Gasteiger partial charge in [0.1, 0.15) is 5.75 Å². The van der Waals surface area contributed by atoms with Crippen LogP contribution in [-0.4, -0.2) is 35.9 Å². The molecule has 4 N–H and O–H groups in total. The smallest absolute Gasteiger partial charge is 0.144 e. The second-order valence-electron chi connectivity index (χ2n) is 4.88. The van der Waals surface area contributed by atoms with E-state index in [1.54, 1.807) is 11.8 Å². The van der Waals surface area contributed by atoms with Gasteiger partial charge in [0, 0.05) is 24.1 Å². The first-order valence-electron chi connectivity index (χ1n) is 6.46. The van der Waals surface area contributed by atoms with Crippen LogP contribution in [0.3, 0.4) is 0 Å². The summed E-state index contributed by atoms with van der Waals surface area (Å²) in [5.41, 5.74) is 6.66. The third-order valence-corrected chi connectivity index (χ3v) is 3.51. The van der Waals surface area contributed by atoms with Crippen molar-refractivity contribution in [2.45, 2.75) is 25.9 Å². The number of rotatable bonds is 8. The average Bonchev–Trinajstić information content (AvgIpc) is 2.36. The molecule has 1 atom stereocenters. The highest BCUT2D eigenvalue weighted by atomic mass is 32.2. The van der Waals surface area contributed by atoms with E-state index in [0.29, 0.717) is 30.3 Å². The van der Waals surface area contributed by atoms with Gasteiger partial charge in [-0.25, -0.2) is 0 Å². The third-order valence-electron chi connectivity index (χ3n) is 2.60. The topological polar surface area (TPSA) is 67.5 Å². The van der Waals surface area contributed by atoms with Crippen LogP contribution in [0, 0.1) is 0 Å². The molecule has 0 saturated heterocycles. The molecule has 1 aromatic rings. The molecule has 19 heavy (non-hydrogen) atoms. The molecule has 0 aliphatic carbocycles. The summed E-state index contributed by atoms with van der Waals surface area (Å²) < 4.78 is 5.57. The second-order valence-corrected chi connectivity index (χ2v) is 5.75. The van der Waals surface area contributed by atoms with Crippen molar-refractivity contribution < 1.29 is 9.84 Å². The van der Waals surface area contributed by atoms with Gasteiger partial charge in [0.05, 0.1) is 17.9 Å². The van der Waals surface area contributed by atoms with E-state index in [9.17, 15) is 5.11 Å². The summed E-state index contributed by atoms with van der Waals surface area (Å²) in [7, 11) is 0. The Balaban J connectivity index is 2.63. The Morgan fingerprint density at radius 3 is 2.84 bits per heavy atom. The van der Waals surface area contributed by atoms with Crippen molar-refractivity contribution in [3.05, 3.63) is 18.2 Å². The number of hydrogen-bond acceptors (Lipinski definition) is 5. The summed E-state index contributed by atoms with van der Waals surface area (Å²) in [4.78, 5) is 0. The number of nitrogen functional groups attached to an aromatic ring is 1. The SMILES string of the molecule is CCCOc1cc(NCC(C)(O)CSC)ccc1N. The molecule has 0 fully saturated rings. The number of aliphatic hydroxyl groups is 1. The van der Waals surface area contributed by atoms with Crippen molar-refractivity contribution in [3.8, 4) is 5.75 Å². The van der Waals surface area contributed by atoms with Gasteiger partial charge < -0.3 is 20.9 Å². The van der Waals surface area contributed by atoms with Crippen LogP contribution in [0.25, 0.3) is 0 Å². The number of anilines is 2. The summed E-state index contributed by atoms with van der Waals surface area (Å²) >= 11 is 1.63. The zero-order valence-electron chi connectivity index (χ0n) is 11.9. The van der Waals surface area contributed by atoms with Crippen molar-refractivity contribution >= 4 is 23.1 Å². The maximum atomic E-state index is 10.1. The van der Waals surface area contributed by atoms with Gasteiger partial charge in [-0.3, -0.25) is 0 Å². The molecule has 0 saturated carbocycles. The van der Waals surface area contributed by atoms with Crippen molar-refractivity contribution in [2.24, 2.45) is 0 Å². The van der Waals surface area contributed by atoms with Crippen LogP contribution >= 0.6 is 11.8 Å². The van der Waals surface area contributed by atoms with E-state index >= 15 is 0 Å². The number of hydrogen-bond donors (Lipinski definition) is 3. The molecule has 5 heteroatoms. The highest BCUT2D eigenvalue weighted by Gasteiger charge is 2.19. The molecule has 0 aromatic heterocycles. The molecule has 0 spiro atoms. The summed E-state index contributed by atoms with van der Waals surface area (Å²) in [5.74, 6) is 1.38. The minimum Gasteiger partial charge on any atom is -0.491 e. The van der Waals surface area contributed by atoms with Gasteiger partial charge in [0.2, 0.25) is 0 Å². The summed E-state index contributed by atoms with van der Waals surface area (Å²) in [5, 5.41) is 13.3. The van der Waals surface area contributed by atoms with E-state index in [1.165, 1.54) is 0 Å². The number of nitrogens with one attached hydrogen (secondary N) is 1. The minimum atomic E-state index is -0.731. The Labute approximate surface area is 119 Å². The van der Waals surface area contributed by atoms with Crippen LogP contribution in [0.2, 0.25) is 0 Å². The highest BCUT2D eigenvalue weighted by Crippen LogP contribution is 2.26. The first-order valence-corrected chi connectivity index (χ1v) is 7.85. The van der Waals surface area contributed by atoms with Crippen LogP contribution in [-0.2, 0) is 0 Å². The highest BCUT2D eigenvalue weighted by molar-refractivity contribution is 7.98. The summed E-state index contributed by atoms with van der Waals surface area (Å²) in [6.07, 6.45) is 2.92. The van der Waals surface area contributed by atoms with E-state index < -0.39 is 5.60 Å². The van der Waals surface area contributed by atoms with Crippen molar-refractivity contribution in [1.82, 2.24) is 0 Å². The number of ether oxygens (including phenoxy) is 1. The molecule has 0 radical (unpaired) electrons. The third kappa shape index (κ3) is 5.61. The van der Waals surface area contributed by atoms with E-state index in [1.807, 2.05) is 31.4 Å². The van der Waals surface area contributed by atoms with Gasteiger partial charge in [0.25, 0.3) is 0 Å². The molecule has 1 aromatic carbocycles. The van der Waals surface area contributed by atoms with Crippen LogP contribution in [0.15, 0.2) is 18.2 Å². The quantitative estimate of drug-likeness (QED) is 0.640. The Hall–Kier alpha value is -1.07. The Morgan fingerprint density at radius 1 is 1.47 bits per heavy atom. The molecule has 108 valence electrons. The molecule has 0 aliphatic rings. The predicted octanol–water partition coefficient (Wildman–Crippen LogP) is 2.58. The summed E-state index contributed by atoms with van der Waals surface area (Å²) in [6, 6.07) is 5.58. The summed E-state index contributed by atoms with van der Waals surface area (Å²) in [6.45, 7) is 5.02. The van der Waals surface area contributed by atoms with E-state index in [-0.39, 0.29) is 0 Å². The standard InChI is InChI=1S/C14H24N2O2S/c1-4-7-18-13-8-11(5-6-12(13)15)16-9-14(2,17)10-19-3/h5-6,8,16-17H,4,7,9-10,15H2,1-3H3. The van der Waals surface area contributed by atoms with Gasteiger partial charge in [-0.15, -0.1) is 0 Å². The van der Waals surface area contributed by atoms with Crippen molar-refractivity contribution in [1.29, 1.82) is 0 Å². The van der Waals surface area contributed by atoms with Crippen LogP contribution in [0.4, 0.5) is 11.4 Å². The molecule has 0 bridgehead atoms. The number of thioether (sulfide) groups is 1. The fourth-order valence-electron chi connectivity index (χ4n) is 1.64. The van der Waals surface area contributed by atoms with Gasteiger partial charge in [-0.05, 0) is 31.7 Å². The van der Waals surface area contributed by atoms with Crippen LogP contribution in [0.1, 0.15) is 20.3 Å². The Bertz CT molecular complexity index is 397. The van der Waals surface area contributed by atoms with Crippen molar-refractivity contribution in [2.75, 3.05) is 36.2 Å². The Morgan fingerprint density at radius 2 is 2.21 bits per heavy atom. The van der Waals surface area contributed by atoms with E-state index in [0.717, 1.165) is 12.1 Å². The van der Waals surface area contributed by atoms with Crippen LogP contribution in [0.5, 0.6) is 5.75 Å². The average molecular weight is 284 g/mol. The van der Waals surface area contributed by atoms with Gasteiger partial charge >= 0.3 is 0 Å². The minimum absolute atomic E-state index is 0.491. The molecule has 0 heterocycles. The van der Waals surface area contributed by atoms with Gasteiger partial charge in [0.15, 0.2) is 0 Å². The molecule has 0 amide bonds. The van der Waals surface area contributed by atoms with Gasteiger partial charge in [-0.2, -0.15) is 11.8 Å². The zero-order chi connectivity index (χ0) is 14.3. The number of benzene rings is 1. The molecule has 1 rings (SSSR count). The fourth-order valence-corrected chi connectivity index (χ4v) is 2.36. The lowest BCUT2D eigenvalue weighted by molar-refractivity contribution is 0.0997. The predicted molar refractivity (Wildman–Crippen MR) is 84.1 cm³/mol. The van der Waals surface area contributed by atoms with E-state index in [4.69, 9.17) is 10.5 Å². The number of nitrogens with two attached hydrogens (primary N) is 1. The van der Waals surface area contributed by atoms with Gasteiger partial charge in [-0.1, -0.05) is 6.92 Å². The molecule has 0 aliphatic heterocycles. The first-order chi connectivity index (χ1) is 8.98. The lowest BCUT2D eigenvalue weighted by atomic mass is 10.1. The molecule has 1 unspecified atom stereocenters. The first kappa shape index (κ1) is 16.0.